The molecule has 1 aromatic carbocycles. The number of carbonyl (C=O) groups is 1. The van der Waals surface area contributed by atoms with Crippen molar-refractivity contribution < 1.29 is 9.21 Å². The van der Waals surface area contributed by atoms with Gasteiger partial charge in [0.25, 0.3) is 0 Å². The van der Waals surface area contributed by atoms with Crippen LogP contribution in [-0.2, 0) is 6.54 Å². The highest BCUT2D eigenvalue weighted by atomic mass is 32.2. The first-order valence-electron chi connectivity index (χ1n) is 9.71. The van der Waals surface area contributed by atoms with E-state index in [2.05, 4.69) is 21.6 Å². The molecule has 1 aromatic heterocycles. The molecule has 27 heavy (non-hydrogen) atoms. The van der Waals surface area contributed by atoms with Gasteiger partial charge in [0.05, 0.1) is 12.8 Å². The van der Waals surface area contributed by atoms with Crippen LogP contribution in [0.1, 0.15) is 37.9 Å². The topological polar surface area (TPSA) is 57.5 Å². The van der Waals surface area contributed by atoms with Gasteiger partial charge in [0.2, 0.25) is 0 Å². The molecule has 0 spiro atoms. The number of amides is 2. The molecule has 2 aliphatic heterocycles. The second kappa shape index (κ2) is 8.40. The van der Waals surface area contributed by atoms with Gasteiger partial charge < -0.3 is 15.1 Å². The first-order valence-corrected chi connectivity index (χ1v) is 10.9. The first kappa shape index (κ1) is 18.4. The van der Waals surface area contributed by atoms with E-state index in [1.807, 2.05) is 36.6 Å². The maximum Gasteiger partial charge on any atom is 0.319 e. The average Bonchev–Trinajstić information content (AvgIpc) is 3.16. The van der Waals surface area contributed by atoms with Crippen LogP contribution in [0, 0.1) is 0 Å². The summed E-state index contributed by atoms with van der Waals surface area (Å²) in [6, 6.07) is 13.1. The minimum Gasteiger partial charge on any atom is -0.468 e. The van der Waals surface area contributed by atoms with Gasteiger partial charge in [-0.1, -0.05) is 6.42 Å². The van der Waals surface area contributed by atoms with E-state index in [0.29, 0.717) is 12.1 Å². The lowest BCUT2D eigenvalue weighted by Crippen LogP contribution is -2.56. The molecule has 2 aliphatic rings. The number of hydrogen-bond donors (Lipinski definition) is 2. The molecule has 2 saturated heterocycles. The number of piperidine rings is 2. The highest BCUT2D eigenvalue weighted by Crippen LogP contribution is 2.35. The van der Waals surface area contributed by atoms with Crippen molar-refractivity contribution in [2.45, 2.75) is 61.7 Å². The van der Waals surface area contributed by atoms with Gasteiger partial charge in [-0.2, -0.15) is 0 Å². The predicted molar refractivity (Wildman–Crippen MR) is 109 cm³/mol. The summed E-state index contributed by atoms with van der Waals surface area (Å²) in [5, 5.41) is 6.16. The number of nitrogens with zero attached hydrogens (tertiary/aromatic N) is 1. The zero-order valence-corrected chi connectivity index (χ0v) is 16.5. The molecule has 6 heteroatoms. The number of nitrogens with one attached hydrogen (secondary N) is 2. The molecular formula is C21H27N3O2S. The third-order valence-electron chi connectivity index (χ3n) is 5.73. The van der Waals surface area contributed by atoms with Crippen molar-refractivity contribution in [2.24, 2.45) is 0 Å². The largest absolute Gasteiger partial charge is 0.468 e. The molecule has 2 N–H and O–H groups in total. The molecule has 2 fully saturated rings. The highest BCUT2D eigenvalue weighted by molar-refractivity contribution is 7.98. The van der Waals surface area contributed by atoms with Crippen LogP contribution < -0.4 is 10.6 Å². The summed E-state index contributed by atoms with van der Waals surface area (Å²) in [5.74, 6) is 1.03. The number of urea groups is 1. The van der Waals surface area contributed by atoms with Crippen molar-refractivity contribution in [3.8, 4) is 0 Å². The Labute approximate surface area is 164 Å². The molecule has 4 rings (SSSR count). The summed E-state index contributed by atoms with van der Waals surface area (Å²) in [6.45, 7) is 0.878. The van der Waals surface area contributed by atoms with E-state index < -0.39 is 0 Å². The van der Waals surface area contributed by atoms with Crippen LogP contribution in [-0.4, -0.2) is 35.3 Å². The molecule has 2 amide bonds. The van der Waals surface area contributed by atoms with Gasteiger partial charge in [-0.3, -0.25) is 4.90 Å². The number of carbonyl (C=O) groups excluding carboxylic acids is 1. The van der Waals surface area contributed by atoms with E-state index in [1.165, 1.54) is 24.2 Å². The van der Waals surface area contributed by atoms with Crippen molar-refractivity contribution in [1.29, 1.82) is 0 Å². The number of fused-ring (bicyclic) bond motifs is 2. The Kier molecular flexibility index (Phi) is 5.74. The lowest BCUT2D eigenvalue weighted by Gasteiger charge is -2.48. The van der Waals surface area contributed by atoms with Crippen LogP contribution in [0.2, 0.25) is 0 Å². The summed E-state index contributed by atoms with van der Waals surface area (Å²) in [7, 11) is 0. The van der Waals surface area contributed by atoms with Gasteiger partial charge in [-0.15, -0.1) is 11.8 Å². The van der Waals surface area contributed by atoms with Crippen molar-refractivity contribution in [3.63, 3.8) is 0 Å². The normalized spacial score (nSPS) is 25.1. The molecular weight excluding hydrogens is 358 g/mol. The quantitative estimate of drug-likeness (QED) is 0.732. The molecule has 144 valence electrons. The van der Waals surface area contributed by atoms with Crippen LogP contribution in [0.3, 0.4) is 0 Å². The van der Waals surface area contributed by atoms with E-state index in [4.69, 9.17) is 4.42 Å². The number of benzene rings is 1. The minimum atomic E-state index is -0.102. The number of anilines is 1. The monoisotopic (exact) mass is 385 g/mol. The summed E-state index contributed by atoms with van der Waals surface area (Å²) >= 11 is 1.70. The number of hydrogen-bond acceptors (Lipinski definition) is 4. The lowest BCUT2D eigenvalue weighted by molar-refractivity contribution is 0.0150. The molecule has 0 aliphatic carbocycles. The third-order valence-corrected chi connectivity index (χ3v) is 6.47. The average molecular weight is 386 g/mol. The van der Waals surface area contributed by atoms with E-state index in [1.54, 1.807) is 18.0 Å². The Morgan fingerprint density at radius 3 is 2.56 bits per heavy atom. The van der Waals surface area contributed by atoms with Crippen molar-refractivity contribution in [2.75, 3.05) is 11.6 Å². The van der Waals surface area contributed by atoms with Crippen LogP contribution in [0.4, 0.5) is 10.5 Å². The van der Waals surface area contributed by atoms with Crippen LogP contribution in [0.25, 0.3) is 0 Å². The minimum absolute atomic E-state index is 0.102. The van der Waals surface area contributed by atoms with Gasteiger partial charge in [0, 0.05) is 28.7 Å². The van der Waals surface area contributed by atoms with Crippen molar-refractivity contribution in [3.05, 3.63) is 48.4 Å². The first-order chi connectivity index (χ1) is 13.2. The maximum absolute atomic E-state index is 12.4. The Morgan fingerprint density at radius 2 is 1.93 bits per heavy atom. The number of furan rings is 1. The van der Waals surface area contributed by atoms with Gasteiger partial charge in [0.1, 0.15) is 5.76 Å². The van der Waals surface area contributed by atoms with Gasteiger partial charge in [0.15, 0.2) is 0 Å². The fourth-order valence-electron chi connectivity index (χ4n) is 4.46. The lowest BCUT2D eigenvalue weighted by atomic mass is 9.81. The molecule has 2 bridgehead atoms. The second-order valence-electron chi connectivity index (χ2n) is 7.49. The SMILES string of the molecule is CSc1ccc(NC(=O)NC2C[C@H]3CCC[C@H](C2)N3Cc2ccco2)cc1. The summed E-state index contributed by atoms with van der Waals surface area (Å²) < 4.78 is 5.55. The fraction of sp³-hybridized carbons (Fsp3) is 0.476. The predicted octanol–water partition coefficient (Wildman–Crippen LogP) is 4.71. The smallest absolute Gasteiger partial charge is 0.319 e. The van der Waals surface area contributed by atoms with Crippen molar-refractivity contribution >= 4 is 23.5 Å². The summed E-state index contributed by atoms with van der Waals surface area (Å²) in [5.41, 5.74) is 0.834. The van der Waals surface area contributed by atoms with Gasteiger partial charge in [-0.05, 0) is 68.3 Å². The Bertz CT molecular complexity index is 733. The second-order valence-corrected chi connectivity index (χ2v) is 8.37. The standard InChI is InChI=1S/C21H27N3O2S/c1-27-20-9-7-15(8-10-20)22-21(25)23-16-12-17-4-2-5-18(13-16)24(17)14-19-6-3-11-26-19/h3,6-11,16-18H,2,4-5,12-14H2,1H3,(H2,22,23,25)/t17-,18-/m1/s1. The Morgan fingerprint density at radius 1 is 1.19 bits per heavy atom. The molecule has 0 radical (unpaired) electrons. The zero-order chi connectivity index (χ0) is 18.6. The van der Waals surface area contributed by atoms with E-state index in [0.717, 1.165) is 30.8 Å². The highest BCUT2D eigenvalue weighted by Gasteiger charge is 2.38. The number of thioether (sulfide) groups is 1. The molecule has 3 heterocycles. The van der Waals surface area contributed by atoms with Gasteiger partial charge >= 0.3 is 6.03 Å². The Balaban J connectivity index is 1.33. The Hall–Kier alpha value is -1.92. The fourth-order valence-corrected chi connectivity index (χ4v) is 4.87. The third kappa shape index (κ3) is 4.50. The molecule has 0 unspecified atom stereocenters. The van der Waals surface area contributed by atoms with E-state index in [-0.39, 0.29) is 12.1 Å². The van der Waals surface area contributed by atoms with Crippen LogP contribution >= 0.6 is 11.8 Å². The summed E-state index contributed by atoms with van der Waals surface area (Å²) in [6.07, 6.45) is 9.50. The molecule has 5 nitrogen and oxygen atoms in total. The molecule has 0 saturated carbocycles. The molecule has 2 aromatic rings. The van der Waals surface area contributed by atoms with Crippen LogP contribution in [0.15, 0.2) is 52.0 Å². The van der Waals surface area contributed by atoms with E-state index in [9.17, 15) is 4.79 Å². The van der Waals surface area contributed by atoms with Gasteiger partial charge in [-0.25, -0.2) is 4.79 Å². The number of rotatable bonds is 5. The van der Waals surface area contributed by atoms with Crippen molar-refractivity contribution in [1.82, 2.24) is 10.2 Å². The molecule has 2 atom stereocenters. The van der Waals surface area contributed by atoms with E-state index >= 15 is 0 Å². The summed E-state index contributed by atoms with van der Waals surface area (Å²) in [4.78, 5) is 16.2. The van der Waals surface area contributed by atoms with Crippen LogP contribution in [0.5, 0.6) is 0 Å². The maximum atomic E-state index is 12.4. The zero-order valence-electron chi connectivity index (χ0n) is 15.7.